The van der Waals surface area contributed by atoms with E-state index in [1.165, 1.54) is 6.92 Å². The summed E-state index contributed by atoms with van der Waals surface area (Å²) in [6.07, 6.45) is -4.86. The van der Waals surface area contributed by atoms with Gasteiger partial charge in [-0.05, 0) is 29.5 Å². The zero-order chi connectivity index (χ0) is 12.5. The van der Waals surface area contributed by atoms with Crippen molar-refractivity contribution in [3.63, 3.8) is 0 Å². The van der Waals surface area contributed by atoms with Gasteiger partial charge in [-0.25, -0.2) is 9.78 Å². The number of aromatic nitrogens is 1. The van der Waals surface area contributed by atoms with Crippen LogP contribution < -0.4 is 4.74 Å². The summed E-state index contributed by atoms with van der Waals surface area (Å²) in [4.78, 5) is 14.3. The third kappa shape index (κ3) is 3.22. The maximum absolute atomic E-state index is 12.0. The number of carboxylic acids is 1. The van der Waals surface area contributed by atoms with E-state index in [4.69, 9.17) is 5.11 Å². The van der Waals surface area contributed by atoms with Crippen LogP contribution in [0.15, 0.2) is 6.07 Å². The summed E-state index contributed by atoms with van der Waals surface area (Å²) in [6.45, 7) is 1.20. The van der Waals surface area contributed by atoms with Gasteiger partial charge in [0.05, 0.1) is 0 Å². The molecule has 88 valence electrons. The number of carboxylic acid groups (broad SMARTS) is 1. The lowest BCUT2D eigenvalue weighted by Crippen LogP contribution is -2.19. The number of rotatable bonds is 2. The molecule has 1 aromatic rings. The first kappa shape index (κ1) is 13.0. The largest absolute Gasteiger partial charge is 0.573 e. The SMILES string of the molecule is Cc1c(OC(F)(F)F)cc(I)nc1C(=O)O. The lowest BCUT2D eigenvalue weighted by Gasteiger charge is -2.12. The van der Waals surface area contributed by atoms with Gasteiger partial charge in [-0.15, -0.1) is 13.2 Å². The molecule has 1 heterocycles. The van der Waals surface area contributed by atoms with E-state index in [0.717, 1.165) is 6.07 Å². The summed E-state index contributed by atoms with van der Waals surface area (Å²) < 4.78 is 39.8. The Morgan fingerprint density at radius 1 is 1.56 bits per heavy atom. The van der Waals surface area contributed by atoms with E-state index in [2.05, 4.69) is 9.72 Å². The van der Waals surface area contributed by atoms with E-state index < -0.39 is 23.8 Å². The van der Waals surface area contributed by atoms with Crippen molar-refractivity contribution >= 4 is 28.6 Å². The Labute approximate surface area is 102 Å². The molecule has 4 nitrogen and oxygen atoms in total. The average molecular weight is 347 g/mol. The summed E-state index contributed by atoms with van der Waals surface area (Å²) in [5.74, 6) is -1.95. The van der Waals surface area contributed by atoms with E-state index in [9.17, 15) is 18.0 Å². The van der Waals surface area contributed by atoms with Gasteiger partial charge >= 0.3 is 12.3 Å². The predicted molar refractivity (Wildman–Crippen MR) is 55.3 cm³/mol. The summed E-state index contributed by atoms with van der Waals surface area (Å²) in [5, 5.41) is 8.71. The van der Waals surface area contributed by atoms with Crippen molar-refractivity contribution in [3.8, 4) is 5.75 Å². The standard InChI is InChI=1S/C8H5F3INO3/c1-3-4(16-8(9,10)11)2-5(12)13-6(3)7(14)15/h2H,1H3,(H,14,15). The van der Waals surface area contributed by atoms with E-state index >= 15 is 0 Å². The maximum atomic E-state index is 12.0. The third-order valence-corrected chi connectivity index (χ3v) is 2.17. The molecule has 0 atom stereocenters. The molecule has 0 fully saturated rings. The Morgan fingerprint density at radius 3 is 2.56 bits per heavy atom. The normalized spacial score (nSPS) is 11.3. The molecular weight excluding hydrogens is 342 g/mol. The number of halogens is 4. The molecule has 0 aliphatic heterocycles. The zero-order valence-electron chi connectivity index (χ0n) is 7.80. The second kappa shape index (κ2) is 4.44. The molecule has 0 aromatic carbocycles. The molecule has 0 aliphatic carbocycles. The van der Waals surface area contributed by atoms with Gasteiger partial charge in [0.15, 0.2) is 5.69 Å². The highest BCUT2D eigenvalue weighted by Crippen LogP contribution is 2.28. The van der Waals surface area contributed by atoms with Crippen LogP contribution in [0.25, 0.3) is 0 Å². The first-order valence-corrected chi connectivity index (χ1v) is 4.95. The number of alkyl halides is 3. The Bertz CT molecular complexity index is 433. The highest BCUT2D eigenvalue weighted by Gasteiger charge is 2.32. The van der Waals surface area contributed by atoms with Crippen LogP contribution in [0.2, 0.25) is 0 Å². The number of nitrogens with zero attached hydrogens (tertiary/aromatic N) is 1. The number of aromatic carboxylic acids is 1. The van der Waals surface area contributed by atoms with Crippen LogP contribution >= 0.6 is 22.6 Å². The van der Waals surface area contributed by atoms with Gasteiger partial charge in [0.25, 0.3) is 0 Å². The maximum Gasteiger partial charge on any atom is 0.573 e. The van der Waals surface area contributed by atoms with Gasteiger partial charge in [-0.2, -0.15) is 0 Å². The van der Waals surface area contributed by atoms with Crippen LogP contribution in [-0.2, 0) is 0 Å². The van der Waals surface area contributed by atoms with Crippen molar-refractivity contribution in [2.75, 3.05) is 0 Å². The van der Waals surface area contributed by atoms with Crippen LogP contribution in [0.5, 0.6) is 5.75 Å². The lowest BCUT2D eigenvalue weighted by atomic mass is 10.2. The minimum atomic E-state index is -4.86. The predicted octanol–water partition coefficient (Wildman–Crippen LogP) is 2.59. The third-order valence-electron chi connectivity index (χ3n) is 1.62. The molecule has 0 saturated carbocycles. The minimum absolute atomic E-state index is 0.111. The van der Waals surface area contributed by atoms with Gasteiger partial charge in [-0.3, -0.25) is 0 Å². The highest BCUT2D eigenvalue weighted by atomic mass is 127. The first-order valence-electron chi connectivity index (χ1n) is 3.87. The summed E-state index contributed by atoms with van der Waals surface area (Å²) in [6, 6.07) is 1.02. The van der Waals surface area contributed by atoms with Crippen molar-refractivity contribution in [2.45, 2.75) is 13.3 Å². The van der Waals surface area contributed by atoms with Gasteiger partial charge in [0.1, 0.15) is 9.45 Å². The second-order valence-corrected chi connectivity index (χ2v) is 3.87. The van der Waals surface area contributed by atoms with Gasteiger partial charge < -0.3 is 9.84 Å². The van der Waals surface area contributed by atoms with Crippen molar-refractivity contribution < 1.29 is 27.8 Å². The van der Waals surface area contributed by atoms with Crippen molar-refractivity contribution in [1.29, 1.82) is 0 Å². The summed E-state index contributed by atoms with van der Waals surface area (Å²) in [5.41, 5.74) is -0.614. The molecule has 16 heavy (non-hydrogen) atoms. The van der Waals surface area contributed by atoms with E-state index in [-0.39, 0.29) is 9.26 Å². The molecular formula is C8H5F3INO3. The monoisotopic (exact) mass is 347 g/mol. The molecule has 0 radical (unpaired) electrons. The van der Waals surface area contributed by atoms with Crippen LogP contribution in [0, 0.1) is 10.6 Å². The number of hydrogen-bond donors (Lipinski definition) is 1. The molecule has 1 N–H and O–H groups in total. The van der Waals surface area contributed by atoms with Crippen molar-refractivity contribution in [2.24, 2.45) is 0 Å². The summed E-state index contributed by atoms with van der Waals surface area (Å²) >= 11 is 1.61. The molecule has 0 unspecified atom stereocenters. The van der Waals surface area contributed by atoms with Crippen LogP contribution in [-0.4, -0.2) is 22.4 Å². The lowest BCUT2D eigenvalue weighted by molar-refractivity contribution is -0.274. The average Bonchev–Trinajstić information content (AvgIpc) is 2.07. The van der Waals surface area contributed by atoms with Gasteiger partial charge in [0, 0.05) is 11.6 Å². The molecule has 8 heteroatoms. The molecule has 0 spiro atoms. The second-order valence-electron chi connectivity index (χ2n) is 2.77. The number of ether oxygens (including phenoxy) is 1. The topological polar surface area (TPSA) is 59.4 Å². The molecule has 0 saturated heterocycles. The first-order chi connectivity index (χ1) is 7.20. The van der Waals surface area contributed by atoms with E-state index in [0.29, 0.717) is 0 Å². The van der Waals surface area contributed by atoms with Gasteiger partial charge in [0.2, 0.25) is 0 Å². The fourth-order valence-corrected chi connectivity index (χ4v) is 1.52. The Balaban J connectivity index is 3.25. The Hall–Kier alpha value is -1.06. The summed E-state index contributed by atoms with van der Waals surface area (Å²) in [7, 11) is 0. The Morgan fingerprint density at radius 2 is 2.12 bits per heavy atom. The molecule has 1 aromatic heterocycles. The fourth-order valence-electron chi connectivity index (χ4n) is 0.995. The van der Waals surface area contributed by atoms with E-state index in [1.54, 1.807) is 22.6 Å². The quantitative estimate of drug-likeness (QED) is 0.660. The smallest absolute Gasteiger partial charge is 0.476 e. The van der Waals surface area contributed by atoms with Gasteiger partial charge in [-0.1, -0.05) is 0 Å². The molecule has 0 bridgehead atoms. The molecule has 0 amide bonds. The van der Waals surface area contributed by atoms with Crippen LogP contribution in [0.1, 0.15) is 16.1 Å². The van der Waals surface area contributed by atoms with Crippen LogP contribution in [0.3, 0.4) is 0 Å². The van der Waals surface area contributed by atoms with Crippen LogP contribution in [0.4, 0.5) is 13.2 Å². The number of pyridine rings is 1. The van der Waals surface area contributed by atoms with Crippen molar-refractivity contribution in [1.82, 2.24) is 4.98 Å². The highest BCUT2D eigenvalue weighted by molar-refractivity contribution is 14.1. The van der Waals surface area contributed by atoms with E-state index in [1.807, 2.05) is 0 Å². The molecule has 1 rings (SSSR count). The zero-order valence-corrected chi connectivity index (χ0v) is 9.96. The number of hydrogen-bond acceptors (Lipinski definition) is 3. The van der Waals surface area contributed by atoms with Crippen molar-refractivity contribution in [3.05, 3.63) is 21.0 Å². The fraction of sp³-hybridized carbons (Fsp3) is 0.250. The Kier molecular flexibility index (Phi) is 3.61. The molecule has 0 aliphatic rings. The minimum Gasteiger partial charge on any atom is -0.476 e. The number of carbonyl (C=O) groups is 1.